The second kappa shape index (κ2) is 5.85. The number of piperazine rings is 1. The summed E-state index contributed by atoms with van der Waals surface area (Å²) in [6, 6.07) is 5.04. The largest absolute Gasteiger partial charge is 0.586 e. The van der Waals surface area contributed by atoms with Crippen molar-refractivity contribution < 1.29 is 18.3 Å². The summed E-state index contributed by atoms with van der Waals surface area (Å²) in [4.78, 5) is 2.28. The Morgan fingerprint density at radius 3 is 2.77 bits per heavy atom. The monoisotopic (exact) mass is 310 g/mol. The van der Waals surface area contributed by atoms with Crippen LogP contribution in [0.4, 0.5) is 8.78 Å². The Morgan fingerprint density at radius 1 is 1.36 bits per heavy atom. The molecule has 0 aromatic heterocycles. The smallest absolute Gasteiger partial charge is 0.395 e. The summed E-state index contributed by atoms with van der Waals surface area (Å²) in [6.07, 6.45) is -2.89. The highest BCUT2D eigenvalue weighted by Gasteiger charge is 2.45. The number of benzene rings is 1. The molecular formula is C16H20F2N2O2. The van der Waals surface area contributed by atoms with Crippen molar-refractivity contribution in [2.75, 3.05) is 26.2 Å². The fourth-order valence-electron chi connectivity index (χ4n) is 3.01. The van der Waals surface area contributed by atoms with Crippen LogP contribution in [-0.2, 0) is 0 Å². The number of alkyl halides is 2. The minimum atomic E-state index is -3.59. The Balaban J connectivity index is 1.95. The van der Waals surface area contributed by atoms with Crippen LogP contribution in [0.3, 0.4) is 0 Å². The van der Waals surface area contributed by atoms with Crippen molar-refractivity contribution in [3.8, 4) is 11.5 Å². The molecule has 1 aromatic carbocycles. The van der Waals surface area contributed by atoms with Crippen LogP contribution in [0.1, 0.15) is 24.9 Å². The standard InChI is InChI=1S/C16H20F2N2O2/c1-11(2)10-13(20-8-6-19-7-9-20)12-4-3-5-14-15(12)22-16(17,18)21-14/h3-5,13,19H,1,6-10H2,2H3/t13-/m0/s1. The molecule has 4 nitrogen and oxygen atoms in total. The minimum absolute atomic E-state index is 0.0351. The van der Waals surface area contributed by atoms with Gasteiger partial charge in [-0.15, -0.1) is 15.4 Å². The predicted octanol–water partition coefficient (Wildman–Crippen LogP) is 2.92. The molecule has 0 unspecified atom stereocenters. The van der Waals surface area contributed by atoms with Gasteiger partial charge in [-0.2, -0.15) is 0 Å². The van der Waals surface area contributed by atoms with E-state index in [0.29, 0.717) is 6.42 Å². The number of nitrogens with one attached hydrogen (secondary N) is 1. The topological polar surface area (TPSA) is 33.7 Å². The van der Waals surface area contributed by atoms with Gasteiger partial charge in [0.05, 0.1) is 0 Å². The highest BCUT2D eigenvalue weighted by Crippen LogP contribution is 2.47. The third-order valence-electron chi connectivity index (χ3n) is 3.95. The first-order valence-electron chi connectivity index (χ1n) is 7.44. The van der Waals surface area contributed by atoms with Gasteiger partial charge < -0.3 is 14.8 Å². The summed E-state index contributed by atoms with van der Waals surface area (Å²) >= 11 is 0. The number of halogens is 2. The number of para-hydroxylation sites is 1. The molecule has 1 saturated heterocycles. The molecule has 3 rings (SSSR count). The number of rotatable bonds is 4. The molecule has 0 spiro atoms. The molecule has 6 heteroatoms. The molecule has 120 valence electrons. The van der Waals surface area contributed by atoms with Crippen LogP contribution in [-0.4, -0.2) is 37.4 Å². The third kappa shape index (κ3) is 3.08. The lowest BCUT2D eigenvalue weighted by molar-refractivity contribution is -0.287. The van der Waals surface area contributed by atoms with Gasteiger partial charge >= 0.3 is 6.29 Å². The summed E-state index contributed by atoms with van der Waals surface area (Å²) in [5, 5.41) is 3.30. The molecule has 0 radical (unpaired) electrons. The van der Waals surface area contributed by atoms with Gasteiger partial charge in [-0.1, -0.05) is 17.7 Å². The molecule has 2 aliphatic heterocycles. The quantitative estimate of drug-likeness (QED) is 0.867. The van der Waals surface area contributed by atoms with Gasteiger partial charge in [0.1, 0.15) is 0 Å². The first kappa shape index (κ1) is 15.2. The van der Waals surface area contributed by atoms with Gasteiger partial charge in [0.15, 0.2) is 11.5 Å². The maximum Gasteiger partial charge on any atom is 0.586 e. The predicted molar refractivity (Wildman–Crippen MR) is 79.3 cm³/mol. The molecule has 0 saturated carbocycles. The number of nitrogens with zero attached hydrogens (tertiary/aromatic N) is 1. The van der Waals surface area contributed by atoms with Crippen LogP contribution in [0.5, 0.6) is 11.5 Å². The Bertz CT molecular complexity index is 571. The zero-order valence-corrected chi connectivity index (χ0v) is 12.6. The number of hydrogen-bond donors (Lipinski definition) is 1. The van der Waals surface area contributed by atoms with Crippen molar-refractivity contribution in [2.45, 2.75) is 25.7 Å². The zero-order valence-electron chi connectivity index (χ0n) is 12.6. The summed E-state index contributed by atoms with van der Waals surface area (Å²) in [5.41, 5.74) is 1.74. The molecule has 0 aliphatic carbocycles. The van der Waals surface area contributed by atoms with Crippen LogP contribution >= 0.6 is 0 Å². The van der Waals surface area contributed by atoms with Crippen LogP contribution in [0.25, 0.3) is 0 Å². The van der Waals surface area contributed by atoms with Gasteiger partial charge in [-0.3, -0.25) is 4.90 Å². The molecular weight excluding hydrogens is 290 g/mol. The van der Waals surface area contributed by atoms with E-state index in [0.717, 1.165) is 37.3 Å². The van der Waals surface area contributed by atoms with Gasteiger partial charge in [0.2, 0.25) is 0 Å². The second-order valence-corrected chi connectivity index (χ2v) is 5.80. The summed E-state index contributed by atoms with van der Waals surface area (Å²) in [6.45, 7) is 9.41. The summed E-state index contributed by atoms with van der Waals surface area (Å²) in [5.74, 6) is 0.252. The molecule has 1 fully saturated rings. The highest BCUT2D eigenvalue weighted by atomic mass is 19.3. The Morgan fingerprint density at radius 2 is 2.09 bits per heavy atom. The Labute approximate surface area is 128 Å². The zero-order chi connectivity index (χ0) is 15.7. The summed E-state index contributed by atoms with van der Waals surface area (Å²) in [7, 11) is 0. The normalized spacial score (nSPS) is 21.6. The van der Waals surface area contributed by atoms with E-state index in [2.05, 4.69) is 21.5 Å². The van der Waals surface area contributed by atoms with E-state index in [1.807, 2.05) is 13.0 Å². The average Bonchev–Trinajstić information content (AvgIpc) is 2.79. The molecule has 0 bridgehead atoms. The van der Waals surface area contributed by atoms with Crippen LogP contribution in [0, 0.1) is 0 Å². The SMILES string of the molecule is C=C(C)C[C@@H](c1cccc2c1OC(F)(F)O2)N1CCNCC1. The van der Waals surface area contributed by atoms with Gasteiger partial charge in [-0.25, -0.2) is 0 Å². The fraction of sp³-hybridized carbons (Fsp3) is 0.500. The number of hydrogen-bond acceptors (Lipinski definition) is 4. The highest BCUT2D eigenvalue weighted by molar-refractivity contribution is 5.50. The summed E-state index contributed by atoms with van der Waals surface area (Å²) < 4.78 is 36.1. The number of ether oxygens (including phenoxy) is 2. The van der Waals surface area contributed by atoms with E-state index in [1.165, 1.54) is 6.07 Å². The first-order valence-corrected chi connectivity index (χ1v) is 7.44. The lowest BCUT2D eigenvalue weighted by Crippen LogP contribution is -2.45. The number of fused-ring (bicyclic) bond motifs is 1. The molecule has 1 aromatic rings. The van der Waals surface area contributed by atoms with Crippen molar-refractivity contribution in [2.24, 2.45) is 0 Å². The molecule has 22 heavy (non-hydrogen) atoms. The van der Waals surface area contributed by atoms with Crippen molar-refractivity contribution in [3.63, 3.8) is 0 Å². The van der Waals surface area contributed by atoms with E-state index in [-0.39, 0.29) is 17.5 Å². The van der Waals surface area contributed by atoms with E-state index in [4.69, 9.17) is 4.74 Å². The van der Waals surface area contributed by atoms with E-state index < -0.39 is 6.29 Å². The lowest BCUT2D eigenvalue weighted by atomic mass is 9.96. The van der Waals surface area contributed by atoms with Gasteiger partial charge in [0, 0.05) is 37.8 Å². The molecule has 1 atom stereocenters. The average molecular weight is 310 g/mol. The van der Waals surface area contributed by atoms with E-state index in [9.17, 15) is 8.78 Å². The van der Waals surface area contributed by atoms with Crippen molar-refractivity contribution >= 4 is 0 Å². The Hall–Kier alpha value is -1.66. The van der Waals surface area contributed by atoms with Crippen molar-refractivity contribution in [1.29, 1.82) is 0 Å². The Kier molecular flexibility index (Phi) is 4.06. The van der Waals surface area contributed by atoms with Crippen LogP contribution in [0.15, 0.2) is 30.4 Å². The van der Waals surface area contributed by atoms with E-state index in [1.54, 1.807) is 6.07 Å². The molecule has 1 N–H and O–H groups in total. The third-order valence-corrected chi connectivity index (χ3v) is 3.95. The van der Waals surface area contributed by atoms with Crippen molar-refractivity contribution in [3.05, 3.63) is 35.9 Å². The molecule has 2 heterocycles. The van der Waals surface area contributed by atoms with Crippen LogP contribution in [0.2, 0.25) is 0 Å². The van der Waals surface area contributed by atoms with Gasteiger partial charge in [0.25, 0.3) is 0 Å². The first-order chi connectivity index (χ1) is 10.5. The minimum Gasteiger partial charge on any atom is -0.395 e. The maximum absolute atomic E-state index is 13.4. The molecule has 2 aliphatic rings. The van der Waals surface area contributed by atoms with Gasteiger partial charge in [-0.05, 0) is 19.4 Å². The van der Waals surface area contributed by atoms with E-state index >= 15 is 0 Å². The molecule has 0 amide bonds. The lowest BCUT2D eigenvalue weighted by Gasteiger charge is -2.35. The van der Waals surface area contributed by atoms with Crippen molar-refractivity contribution in [1.82, 2.24) is 10.2 Å². The fourth-order valence-corrected chi connectivity index (χ4v) is 3.01. The maximum atomic E-state index is 13.4. The second-order valence-electron chi connectivity index (χ2n) is 5.80. The van der Waals surface area contributed by atoms with Crippen LogP contribution < -0.4 is 14.8 Å².